The molecule has 2 rings (SSSR count). The van der Waals surface area contributed by atoms with Gasteiger partial charge in [-0.05, 0) is 35.4 Å². The minimum atomic E-state index is 0.984. The van der Waals surface area contributed by atoms with Crippen LogP contribution in [-0.4, -0.2) is 4.98 Å². The lowest BCUT2D eigenvalue weighted by Crippen LogP contribution is -1.77. The molecule has 0 aliphatic heterocycles. The Morgan fingerprint density at radius 3 is 1.92 bits per heavy atom. The fourth-order valence-corrected chi connectivity index (χ4v) is 1.35. The van der Waals surface area contributed by atoms with Crippen molar-refractivity contribution in [1.82, 2.24) is 4.98 Å². The highest BCUT2D eigenvalue weighted by Gasteiger charge is 1.94. The number of rotatable bonds is 1. The lowest BCUT2D eigenvalue weighted by molar-refractivity contribution is 1.33. The van der Waals surface area contributed by atoms with Crippen molar-refractivity contribution >= 4 is 12.6 Å². The quantitative estimate of drug-likeness (QED) is 0.677. The van der Waals surface area contributed by atoms with Crippen LogP contribution in [0.3, 0.4) is 0 Å². The molecule has 0 spiro atoms. The minimum absolute atomic E-state index is 0.984. The van der Waals surface area contributed by atoms with Gasteiger partial charge in [0.25, 0.3) is 0 Å². The Morgan fingerprint density at radius 1 is 0.769 bits per heavy atom. The summed E-state index contributed by atoms with van der Waals surface area (Å²) in [6.07, 6.45) is 3.59. The number of thiol groups is 1. The molecule has 0 saturated carbocycles. The van der Waals surface area contributed by atoms with E-state index in [0.717, 1.165) is 4.90 Å². The summed E-state index contributed by atoms with van der Waals surface area (Å²) in [5.74, 6) is 0. The first kappa shape index (κ1) is 8.32. The number of nitrogens with zero attached hydrogens (tertiary/aromatic N) is 1. The summed E-state index contributed by atoms with van der Waals surface area (Å²) < 4.78 is 0. The zero-order valence-corrected chi connectivity index (χ0v) is 7.91. The maximum absolute atomic E-state index is 4.23. The van der Waals surface area contributed by atoms with Crippen LogP contribution in [0.5, 0.6) is 0 Å². The van der Waals surface area contributed by atoms with E-state index in [4.69, 9.17) is 0 Å². The van der Waals surface area contributed by atoms with Gasteiger partial charge < -0.3 is 0 Å². The van der Waals surface area contributed by atoms with Crippen molar-refractivity contribution in [2.24, 2.45) is 0 Å². The third-order valence-electron chi connectivity index (χ3n) is 1.88. The topological polar surface area (TPSA) is 12.9 Å². The predicted molar refractivity (Wildman–Crippen MR) is 56.9 cm³/mol. The minimum Gasteiger partial charge on any atom is -0.265 e. The van der Waals surface area contributed by atoms with Gasteiger partial charge in [-0.3, -0.25) is 4.98 Å². The van der Waals surface area contributed by atoms with Gasteiger partial charge in [0.15, 0.2) is 0 Å². The van der Waals surface area contributed by atoms with Gasteiger partial charge in [0.2, 0.25) is 0 Å². The van der Waals surface area contributed by atoms with E-state index in [-0.39, 0.29) is 0 Å². The van der Waals surface area contributed by atoms with E-state index in [9.17, 15) is 0 Å². The van der Waals surface area contributed by atoms with Crippen molar-refractivity contribution in [3.8, 4) is 11.1 Å². The highest BCUT2D eigenvalue weighted by Crippen LogP contribution is 2.19. The van der Waals surface area contributed by atoms with Crippen LogP contribution in [0, 0.1) is 0 Å². The van der Waals surface area contributed by atoms with Gasteiger partial charge in [-0.15, -0.1) is 12.6 Å². The zero-order chi connectivity index (χ0) is 9.10. The molecule has 1 aromatic heterocycles. The smallest absolute Gasteiger partial charge is 0.0273 e. The second-order valence-corrected chi connectivity index (χ2v) is 3.30. The number of pyridine rings is 1. The summed E-state index contributed by atoms with van der Waals surface area (Å²) in [7, 11) is 0. The van der Waals surface area contributed by atoms with Gasteiger partial charge in [-0.2, -0.15) is 0 Å². The lowest BCUT2D eigenvalue weighted by atomic mass is 10.1. The van der Waals surface area contributed by atoms with Crippen LogP contribution in [0.15, 0.2) is 53.7 Å². The molecule has 2 heteroatoms. The Balaban J connectivity index is 2.42. The number of hydrogen-bond acceptors (Lipinski definition) is 2. The molecule has 0 aliphatic rings. The molecule has 0 aliphatic carbocycles. The second kappa shape index (κ2) is 3.62. The summed E-state index contributed by atoms with van der Waals surface area (Å²) >= 11 is 4.23. The molecule has 64 valence electrons. The monoisotopic (exact) mass is 187 g/mol. The average molecular weight is 187 g/mol. The van der Waals surface area contributed by atoms with Crippen LogP contribution < -0.4 is 0 Å². The number of benzene rings is 1. The molecule has 0 unspecified atom stereocenters. The highest BCUT2D eigenvalue weighted by atomic mass is 32.1. The van der Waals surface area contributed by atoms with Crippen LogP contribution in [0.4, 0.5) is 0 Å². The molecule has 13 heavy (non-hydrogen) atoms. The first-order chi connectivity index (χ1) is 6.36. The standard InChI is InChI=1S/C11H9NS/c13-11-3-1-9(2-4-11)10-5-7-12-8-6-10/h1-8,13H. The summed E-state index contributed by atoms with van der Waals surface area (Å²) in [6.45, 7) is 0. The van der Waals surface area contributed by atoms with E-state index in [1.54, 1.807) is 12.4 Å². The second-order valence-electron chi connectivity index (χ2n) is 2.78. The van der Waals surface area contributed by atoms with Gasteiger partial charge in [-0.1, -0.05) is 12.1 Å². The summed E-state index contributed by atoms with van der Waals surface area (Å²) in [6, 6.07) is 12.1. The summed E-state index contributed by atoms with van der Waals surface area (Å²) in [5.41, 5.74) is 2.38. The third-order valence-corrected chi connectivity index (χ3v) is 2.18. The van der Waals surface area contributed by atoms with E-state index in [1.807, 2.05) is 24.3 Å². The summed E-state index contributed by atoms with van der Waals surface area (Å²) in [4.78, 5) is 4.96. The molecular weight excluding hydrogens is 178 g/mol. The van der Waals surface area contributed by atoms with E-state index in [1.165, 1.54) is 11.1 Å². The Bertz CT molecular complexity index is 381. The van der Waals surface area contributed by atoms with Gasteiger partial charge in [0.05, 0.1) is 0 Å². The molecule has 0 bridgehead atoms. The maximum atomic E-state index is 4.23. The van der Waals surface area contributed by atoms with E-state index >= 15 is 0 Å². The Hall–Kier alpha value is -1.28. The van der Waals surface area contributed by atoms with Crippen LogP contribution in [0.2, 0.25) is 0 Å². The maximum Gasteiger partial charge on any atom is 0.0273 e. The van der Waals surface area contributed by atoms with Crippen molar-refractivity contribution in [2.75, 3.05) is 0 Å². The number of hydrogen-bond donors (Lipinski definition) is 1. The molecule has 0 N–H and O–H groups in total. The molecule has 1 nitrogen and oxygen atoms in total. The summed E-state index contributed by atoms with van der Waals surface area (Å²) in [5, 5.41) is 0. The Morgan fingerprint density at radius 2 is 1.31 bits per heavy atom. The fraction of sp³-hybridized carbons (Fsp3) is 0. The van der Waals surface area contributed by atoms with E-state index in [0.29, 0.717) is 0 Å². The van der Waals surface area contributed by atoms with Gasteiger partial charge in [0, 0.05) is 17.3 Å². The van der Waals surface area contributed by atoms with E-state index in [2.05, 4.69) is 29.7 Å². The van der Waals surface area contributed by atoms with Crippen molar-refractivity contribution < 1.29 is 0 Å². The molecule has 2 aromatic rings. The van der Waals surface area contributed by atoms with Crippen molar-refractivity contribution in [3.63, 3.8) is 0 Å². The highest BCUT2D eigenvalue weighted by molar-refractivity contribution is 7.80. The average Bonchev–Trinajstić information content (AvgIpc) is 2.20. The zero-order valence-electron chi connectivity index (χ0n) is 7.01. The molecule has 1 aromatic carbocycles. The molecular formula is C11H9NS. The fourth-order valence-electron chi connectivity index (χ4n) is 1.20. The predicted octanol–water partition coefficient (Wildman–Crippen LogP) is 3.04. The third kappa shape index (κ3) is 1.90. The van der Waals surface area contributed by atoms with Crippen LogP contribution in [0.25, 0.3) is 11.1 Å². The van der Waals surface area contributed by atoms with E-state index < -0.39 is 0 Å². The van der Waals surface area contributed by atoms with Crippen LogP contribution in [0.1, 0.15) is 0 Å². The van der Waals surface area contributed by atoms with Crippen molar-refractivity contribution in [1.29, 1.82) is 0 Å². The molecule has 1 heterocycles. The largest absolute Gasteiger partial charge is 0.265 e. The normalized spacial score (nSPS) is 9.92. The van der Waals surface area contributed by atoms with Crippen molar-refractivity contribution in [2.45, 2.75) is 4.90 Å². The lowest BCUT2D eigenvalue weighted by Gasteiger charge is -2.00. The molecule has 0 radical (unpaired) electrons. The van der Waals surface area contributed by atoms with Crippen LogP contribution in [-0.2, 0) is 0 Å². The van der Waals surface area contributed by atoms with Gasteiger partial charge in [0.1, 0.15) is 0 Å². The van der Waals surface area contributed by atoms with Crippen LogP contribution >= 0.6 is 12.6 Å². The first-order valence-corrected chi connectivity index (χ1v) is 4.50. The number of aromatic nitrogens is 1. The SMILES string of the molecule is Sc1ccc(-c2ccncc2)cc1. The Labute approximate surface area is 82.9 Å². The Kier molecular flexibility index (Phi) is 2.32. The molecule has 0 saturated heterocycles. The van der Waals surface area contributed by atoms with Crippen molar-refractivity contribution in [3.05, 3.63) is 48.8 Å². The van der Waals surface area contributed by atoms with Gasteiger partial charge in [-0.25, -0.2) is 0 Å². The molecule has 0 fully saturated rings. The van der Waals surface area contributed by atoms with Gasteiger partial charge >= 0.3 is 0 Å². The first-order valence-electron chi connectivity index (χ1n) is 4.06. The molecule has 0 amide bonds. The molecule has 0 atom stereocenters.